The number of nitro benzene ring substituents is 1. The van der Waals surface area contributed by atoms with Gasteiger partial charge in [-0.15, -0.1) is 0 Å². The molecule has 1 heterocycles. The summed E-state index contributed by atoms with van der Waals surface area (Å²) >= 11 is 5.85. The van der Waals surface area contributed by atoms with Gasteiger partial charge in [0, 0.05) is 23.0 Å². The summed E-state index contributed by atoms with van der Waals surface area (Å²) in [4.78, 5) is 23.6. The highest BCUT2D eigenvalue weighted by molar-refractivity contribution is 6.32. The largest absolute Gasteiger partial charge is 0.324 e. The van der Waals surface area contributed by atoms with Crippen molar-refractivity contribution >= 4 is 52.7 Å². The number of nitrogens with zero attached hydrogens (tertiary/aromatic N) is 5. The lowest BCUT2D eigenvalue weighted by Crippen LogP contribution is -2.07. The van der Waals surface area contributed by atoms with Crippen LogP contribution in [0.25, 0.3) is 0 Å². The van der Waals surface area contributed by atoms with Crippen molar-refractivity contribution in [2.75, 3.05) is 16.1 Å². The van der Waals surface area contributed by atoms with Crippen LogP contribution in [-0.2, 0) is 0 Å². The smallest absolute Gasteiger partial charge is 0.288 e. The Morgan fingerprint density at radius 1 is 0.818 bits per heavy atom. The molecule has 164 valence electrons. The molecule has 3 N–H and O–H groups in total. The van der Waals surface area contributed by atoms with Crippen LogP contribution in [0.1, 0.15) is 5.56 Å². The second kappa shape index (κ2) is 10.2. The zero-order chi connectivity index (χ0) is 23.0. The molecule has 4 aromatic rings. The first kappa shape index (κ1) is 21.7. The monoisotopic (exact) mass is 460 g/mol. The number of halogens is 1. The molecule has 0 fully saturated rings. The summed E-state index contributed by atoms with van der Waals surface area (Å²) in [5.74, 6) is 0.769. The van der Waals surface area contributed by atoms with Crippen LogP contribution in [-0.4, -0.2) is 26.1 Å². The van der Waals surface area contributed by atoms with Gasteiger partial charge in [0.15, 0.2) is 0 Å². The van der Waals surface area contributed by atoms with Gasteiger partial charge >= 0.3 is 0 Å². The fraction of sp³-hybridized carbons (Fsp3) is 0. The van der Waals surface area contributed by atoms with Gasteiger partial charge in [0.05, 0.1) is 11.1 Å². The van der Waals surface area contributed by atoms with Gasteiger partial charge in [0.1, 0.15) is 5.02 Å². The molecule has 0 bridgehead atoms. The van der Waals surface area contributed by atoms with E-state index in [2.05, 4.69) is 36.1 Å². The van der Waals surface area contributed by atoms with Crippen molar-refractivity contribution in [3.8, 4) is 0 Å². The van der Waals surface area contributed by atoms with Gasteiger partial charge in [-0.25, -0.2) is 5.43 Å². The number of anilines is 5. The highest BCUT2D eigenvalue weighted by Crippen LogP contribution is 2.24. The number of hydrogen-bond acceptors (Lipinski definition) is 9. The van der Waals surface area contributed by atoms with Crippen LogP contribution < -0.4 is 16.1 Å². The number of nitrogens with one attached hydrogen (secondary N) is 3. The van der Waals surface area contributed by atoms with Crippen LogP contribution in [0.2, 0.25) is 5.02 Å². The number of rotatable bonds is 8. The third kappa shape index (κ3) is 5.99. The number of hydrogen-bond donors (Lipinski definition) is 3. The maximum Gasteiger partial charge on any atom is 0.288 e. The van der Waals surface area contributed by atoms with Crippen molar-refractivity contribution < 1.29 is 4.92 Å². The molecule has 0 aliphatic heterocycles. The van der Waals surface area contributed by atoms with E-state index < -0.39 is 4.92 Å². The molecule has 0 spiro atoms. The summed E-state index contributed by atoms with van der Waals surface area (Å²) in [6, 6.07) is 23.3. The maximum absolute atomic E-state index is 11.1. The van der Waals surface area contributed by atoms with Gasteiger partial charge in [0.25, 0.3) is 5.69 Å². The highest BCUT2D eigenvalue weighted by Gasteiger charge is 2.12. The molecular weight excluding hydrogens is 444 g/mol. The molecule has 1 aromatic heterocycles. The molecule has 0 amide bonds. The standard InChI is InChI=1S/C22H17ClN8O2/c23-18-12-11-15(13-19(18)31(32)33)14-24-30-22-28-20(25-16-7-3-1-4-8-16)27-21(29-22)26-17-9-5-2-6-10-17/h1-14H,(H3,25,26,27,28,29,30)/b24-14+. The summed E-state index contributed by atoms with van der Waals surface area (Å²) in [7, 11) is 0. The molecule has 0 atom stereocenters. The molecule has 0 aliphatic carbocycles. The molecule has 0 radical (unpaired) electrons. The minimum absolute atomic E-state index is 0.0517. The van der Waals surface area contributed by atoms with Crippen molar-refractivity contribution in [1.29, 1.82) is 0 Å². The van der Waals surface area contributed by atoms with Gasteiger partial charge in [-0.1, -0.05) is 54.1 Å². The average Bonchev–Trinajstić information content (AvgIpc) is 2.81. The van der Waals surface area contributed by atoms with E-state index in [9.17, 15) is 10.1 Å². The van der Waals surface area contributed by atoms with Gasteiger partial charge in [-0.3, -0.25) is 10.1 Å². The lowest BCUT2D eigenvalue weighted by molar-refractivity contribution is -0.384. The third-order valence-corrected chi connectivity index (χ3v) is 4.56. The van der Waals surface area contributed by atoms with Crippen LogP contribution in [0.3, 0.4) is 0 Å². The van der Waals surface area contributed by atoms with E-state index >= 15 is 0 Å². The van der Waals surface area contributed by atoms with Crippen molar-refractivity contribution in [2.24, 2.45) is 5.10 Å². The second-order valence-corrected chi connectivity index (χ2v) is 7.03. The van der Waals surface area contributed by atoms with Crippen molar-refractivity contribution in [2.45, 2.75) is 0 Å². The Kier molecular flexibility index (Phi) is 6.67. The molecule has 0 saturated carbocycles. The highest BCUT2D eigenvalue weighted by atomic mass is 35.5. The molecule has 4 rings (SSSR count). The molecule has 0 unspecified atom stereocenters. The lowest BCUT2D eigenvalue weighted by Gasteiger charge is -2.10. The Bertz CT molecular complexity index is 1230. The number of benzene rings is 3. The first-order chi connectivity index (χ1) is 16.1. The summed E-state index contributed by atoms with van der Waals surface area (Å²) in [5, 5.41) is 21.4. The van der Waals surface area contributed by atoms with Crippen LogP contribution in [0, 0.1) is 10.1 Å². The minimum atomic E-state index is -0.553. The molecule has 0 aliphatic rings. The fourth-order valence-electron chi connectivity index (χ4n) is 2.75. The number of hydrazone groups is 1. The summed E-state index contributed by atoms with van der Waals surface area (Å²) in [5.41, 5.74) is 4.62. The van der Waals surface area contributed by atoms with Gasteiger partial charge in [0.2, 0.25) is 17.8 Å². The molecule has 0 saturated heterocycles. The first-order valence-electron chi connectivity index (χ1n) is 9.70. The summed E-state index contributed by atoms with van der Waals surface area (Å²) in [6.45, 7) is 0. The van der Waals surface area contributed by atoms with E-state index in [0.29, 0.717) is 17.5 Å². The molecular formula is C22H17ClN8O2. The minimum Gasteiger partial charge on any atom is -0.324 e. The molecule has 11 heteroatoms. The normalized spacial score (nSPS) is 10.7. The van der Waals surface area contributed by atoms with Crippen LogP contribution >= 0.6 is 11.6 Å². The van der Waals surface area contributed by atoms with Gasteiger partial charge in [-0.2, -0.15) is 20.1 Å². The maximum atomic E-state index is 11.1. The van der Waals surface area contributed by atoms with Crippen LogP contribution in [0.15, 0.2) is 84.0 Å². The Labute approximate surface area is 193 Å². The van der Waals surface area contributed by atoms with E-state index in [4.69, 9.17) is 11.6 Å². The molecule has 3 aromatic carbocycles. The van der Waals surface area contributed by atoms with E-state index in [1.807, 2.05) is 60.7 Å². The van der Waals surface area contributed by atoms with Crippen molar-refractivity contribution in [1.82, 2.24) is 15.0 Å². The summed E-state index contributed by atoms with van der Waals surface area (Å²) in [6.07, 6.45) is 1.40. The van der Waals surface area contributed by atoms with Crippen LogP contribution in [0.4, 0.5) is 34.9 Å². The fourth-order valence-corrected chi connectivity index (χ4v) is 2.94. The quantitative estimate of drug-likeness (QED) is 0.182. The first-order valence-corrected chi connectivity index (χ1v) is 10.1. The van der Waals surface area contributed by atoms with E-state index in [0.717, 1.165) is 11.4 Å². The number of para-hydroxylation sites is 2. The van der Waals surface area contributed by atoms with Crippen molar-refractivity contribution in [3.05, 3.63) is 99.6 Å². The van der Waals surface area contributed by atoms with Crippen LogP contribution in [0.5, 0.6) is 0 Å². The zero-order valence-corrected chi connectivity index (χ0v) is 17.8. The topological polar surface area (TPSA) is 130 Å². The Hall–Kier alpha value is -4.57. The van der Waals surface area contributed by atoms with E-state index in [1.165, 1.54) is 18.3 Å². The van der Waals surface area contributed by atoms with Gasteiger partial charge < -0.3 is 10.6 Å². The third-order valence-electron chi connectivity index (χ3n) is 4.24. The predicted molar refractivity (Wildman–Crippen MR) is 129 cm³/mol. The SMILES string of the molecule is O=[N+]([O-])c1cc(/C=N/Nc2nc(Nc3ccccc3)nc(Nc3ccccc3)n2)ccc1Cl. The average molecular weight is 461 g/mol. The zero-order valence-electron chi connectivity index (χ0n) is 17.0. The predicted octanol–water partition coefficient (Wildman–Crippen LogP) is 5.37. The Morgan fingerprint density at radius 3 is 1.91 bits per heavy atom. The molecule has 10 nitrogen and oxygen atoms in total. The summed E-state index contributed by atoms with van der Waals surface area (Å²) < 4.78 is 0. The number of aromatic nitrogens is 3. The second-order valence-electron chi connectivity index (χ2n) is 6.63. The Morgan fingerprint density at radius 2 is 1.36 bits per heavy atom. The van der Waals surface area contributed by atoms with Gasteiger partial charge in [-0.05, 0) is 30.3 Å². The van der Waals surface area contributed by atoms with E-state index in [1.54, 1.807) is 6.07 Å². The number of nitro groups is 1. The Balaban J connectivity index is 1.57. The lowest BCUT2D eigenvalue weighted by atomic mass is 10.2. The van der Waals surface area contributed by atoms with Crippen molar-refractivity contribution in [3.63, 3.8) is 0 Å². The van der Waals surface area contributed by atoms with E-state index in [-0.39, 0.29) is 16.7 Å². The molecule has 33 heavy (non-hydrogen) atoms.